The molecule has 0 aromatic heterocycles. The van der Waals surface area contributed by atoms with Gasteiger partial charge in [0.05, 0.1) is 0 Å². The van der Waals surface area contributed by atoms with E-state index in [1.807, 2.05) is 13.8 Å². The molecule has 0 radical (unpaired) electrons. The summed E-state index contributed by atoms with van der Waals surface area (Å²) in [5.74, 6) is -1.46. The topological polar surface area (TPSA) is 57.5 Å². The molecule has 3 unspecified atom stereocenters. The molecule has 0 heterocycles. The summed E-state index contributed by atoms with van der Waals surface area (Å²) in [7, 11) is 0. The molecule has 0 rings (SSSR count). The lowest BCUT2D eigenvalue weighted by atomic mass is 9.84. The molecule has 3 nitrogen and oxygen atoms in total. The average Bonchev–Trinajstić information content (AvgIpc) is 2.15. The predicted octanol–water partition coefficient (Wildman–Crippen LogP) is 1.99. The van der Waals surface area contributed by atoms with E-state index in [1.165, 1.54) is 0 Å². The number of hydrogen-bond donors (Lipinski definition) is 2. The fraction of sp³-hybridized carbons (Fsp3) is 0.900. The Kier molecular flexibility index (Phi) is 5.05. The van der Waals surface area contributed by atoms with Crippen LogP contribution in [-0.2, 0) is 4.79 Å². The smallest absolute Gasteiger partial charge is 0.341 e. The van der Waals surface area contributed by atoms with Crippen molar-refractivity contribution in [2.75, 3.05) is 0 Å². The van der Waals surface area contributed by atoms with Crippen LogP contribution in [0.3, 0.4) is 0 Å². The molecule has 3 atom stereocenters. The lowest BCUT2D eigenvalue weighted by Gasteiger charge is -2.30. The lowest BCUT2D eigenvalue weighted by Crippen LogP contribution is -2.45. The van der Waals surface area contributed by atoms with Crippen molar-refractivity contribution in [2.24, 2.45) is 5.92 Å². The van der Waals surface area contributed by atoms with Crippen LogP contribution in [0.1, 0.15) is 40.0 Å². The molecule has 0 saturated carbocycles. The molecule has 0 aliphatic rings. The van der Waals surface area contributed by atoms with Gasteiger partial charge < -0.3 is 10.2 Å². The number of aliphatic hydroxyl groups is 1. The van der Waals surface area contributed by atoms with Crippen LogP contribution < -0.4 is 0 Å². The Hall–Kier alpha value is -0.640. The minimum atomic E-state index is -2.19. The van der Waals surface area contributed by atoms with Crippen molar-refractivity contribution >= 4 is 5.97 Å². The van der Waals surface area contributed by atoms with Gasteiger partial charge in [0.2, 0.25) is 6.17 Å². The minimum absolute atomic E-state index is 0.116. The van der Waals surface area contributed by atoms with Crippen LogP contribution in [0.2, 0.25) is 0 Å². The molecule has 0 aliphatic heterocycles. The number of carboxylic acids is 1. The molecule has 0 fully saturated rings. The Morgan fingerprint density at radius 2 is 2.00 bits per heavy atom. The van der Waals surface area contributed by atoms with Gasteiger partial charge >= 0.3 is 5.97 Å². The van der Waals surface area contributed by atoms with Gasteiger partial charge in [0.25, 0.3) is 0 Å². The number of hydrogen-bond acceptors (Lipinski definition) is 2. The van der Waals surface area contributed by atoms with E-state index in [0.29, 0.717) is 0 Å². The van der Waals surface area contributed by atoms with Gasteiger partial charge in [-0.1, -0.05) is 27.2 Å². The standard InChI is InChI=1S/C10H19FO3/c1-4-7(3)6-10(14,5-2)8(11)9(12)13/h7-8,14H,4-6H2,1-3H3,(H,12,13). The van der Waals surface area contributed by atoms with Gasteiger partial charge in [-0.2, -0.15) is 0 Å². The first-order valence-corrected chi connectivity index (χ1v) is 4.96. The highest BCUT2D eigenvalue weighted by molar-refractivity contribution is 5.73. The summed E-state index contributed by atoms with van der Waals surface area (Å²) in [4.78, 5) is 10.4. The van der Waals surface area contributed by atoms with Crippen LogP contribution in [0, 0.1) is 5.92 Å². The maximum atomic E-state index is 13.2. The van der Waals surface area contributed by atoms with Crippen molar-refractivity contribution in [1.29, 1.82) is 0 Å². The zero-order chi connectivity index (χ0) is 11.4. The van der Waals surface area contributed by atoms with E-state index in [0.717, 1.165) is 6.42 Å². The summed E-state index contributed by atoms with van der Waals surface area (Å²) < 4.78 is 13.2. The SMILES string of the molecule is CCC(C)CC(O)(CC)C(F)C(=O)O. The first-order valence-electron chi connectivity index (χ1n) is 4.96. The van der Waals surface area contributed by atoms with E-state index in [1.54, 1.807) is 6.92 Å². The maximum absolute atomic E-state index is 13.2. The third-order valence-electron chi connectivity index (χ3n) is 2.70. The Labute approximate surface area is 83.9 Å². The summed E-state index contributed by atoms with van der Waals surface area (Å²) in [5, 5.41) is 18.3. The van der Waals surface area contributed by atoms with Gasteiger partial charge in [-0.3, -0.25) is 0 Å². The van der Waals surface area contributed by atoms with E-state index < -0.39 is 17.7 Å². The summed E-state index contributed by atoms with van der Waals surface area (Å²) in [6.45, 7) is 5.39. The molecule has 0 aromatic carbocycles. The third-order valence-corrected chi connectivity index (χ3v) is 2.70. The fourth-order valence-electron chi connectivity index (χ4n) is 1.40. The van der Waals surface area contributed by atoms with Gasteiger partial charge in [-0.15, -0.1) is 0 Å². The van der Waals surface area contributed by atoms with Gasteiger partial charge in [-0.05, 0) is 18.8 Å². The Bertz CT molecular complexity index is 196. The molecule has 0 saturated heterocycles. The molecule has 84 valence electrons. The molecular weight excluding hydrogens is 187 g/mol. The van der Waals surface area contributed by atoms with Gasteiger partial charge in [-0.25, -0.2) is 9.18 Å². The number of aliphatic carboxylic acids is 1. The largest absolute Gasteiger partial charge is 0.479 e. The van der Waals surface area contributed by atoms with Crippen LogP contribution >= 0.6 is 0 Å². The fourth-order valence-corrected chi connectivity index (χ4v) is 1.40. The first kappa shape index (κ1) is 13.4. The third kappa shape index (κ3) is 3.25. The second-order valence-electron chi connectivity index (χ2n) is 3.88. The summed E-state index contributed by atoms with van der Waals surface area (Å²) in [5.41, 5.74) is -1.72. The summed E-state index contributed by atoms with van der Waals surface area (Å²) in [6, 6.07) is 0. The number of alkyl halides is 1. The first-order chi connectivity index (χ1) is 6.37. The summed E-state index contributed by atoms with van der Waals surface area (Å²) in [6.07, 6.45) is -1.09. The highest BCUT2D eigenvalue weighted by atomic mass is 19.1. The van der Waals surface area contributed by atoms with Crippen molar-refractivity contribution < 1.29 is 19.4 Å². The quantitative estimate of drug-likeness (QED) is 0.698. The predicted molar refractivity (Wildman–Crippen MR) is 51.8 cm³/mol. The van der Waals surface area contributed by atoms with Crippen molar-refractivity contribution in [3.63, 3.8) is 0 Å². The molecule has 0 bridgehead atoms. The van der Waals surface area contributed by atoms with Crippen molar-refractivity contribution in [2.45, 2.75) is 51.8 Å². The van der Waals surface area contributed by atoms with Crippen LogP contribution in [0.25, 0.3) is 0 Å². The molecule has 0 spiro atoms. The van der Waals surface area contributed by atoms with Crippen LogP contribution in [0.5, 0.6) is 0 Å². The molecular formula is C10H19FO3. The highest BCUT2D eigenvalue weighted by Gasteiger charge is 2.41. The van der Waals surface area contributed by atoms with Crippen molar-refractivity contribution in [3.05, 3.63) is 0 Å². The van der Waals surface area contributed by atoms with Gasteiger partial charge in [0.15, 0.2) is 0 Å². The van der Waals surface area contributed by atoms with Crippen molar-refractivity contribution in [1.82, 2.24) is 0 Å². The van der Waals surface area contributed by atoms with Gasteiger partial charge in [0.1, 0.15) is 5.60 Å². The molecule has 14 heavy (non-hydrogen) atoms. The van der Waals surface area contributed by atoms with E-state index >= 15 is 0 Å². The zero-order valence-electron chi connectivity index (χ0n) is 8.96. The van der Waals surface area contributed by atoms with E-state index in [-0.39, 0.29) is 18.8 Å². The zero-order valence-corrected chi connectivity index (χ0v) is 8.96. The van der Waals surface area contributed by atoms with E-state index in [2.05, 4.69) is 0 Å². The number of carboxylic acid groups (broad SMARTS) is 1. The van der Waals surface area contributed by atoms with Crippen LogP contribution in [0.15, 0.2) is 0 Å². The molecule has 0 aliphatic carbocycles. The van der Waals surface area contributed by atoms with Crippen molar-refractivity contribution in [3.8, 4) is 0 Å². The minimum Gasteiger partial charge on any atom is -0.479 e. The average molecular weight is 206 g/mol. The number of rotatable bonds is 6. The molecule has 0 amide bonds. The second-order valence-corrected chi connectivity index (χ2v) is 3.88. The molecule has 2 N–H and O–H groups in total. The van der Waals surface area contributed by atoms with Gasteiger partial charge in [0, 0.05) is 0 Å². The second kappa shape index (κ2) is 5.29. The Balaban J connectivity index is 4.53. The number of halogens is 1. The molecule has 4 heteroatoms. The molecule has 0 aromatic rings. The van der Waals surface area contributed by atoms with E-state index in [4.69, 9.17) is 5.11 Å². The normalized spacial score (nSPS) is 19.8. The Morgan fingerprint density at radius 3 is 2.29 bits per heavy atom. The van der Waals surface area contributed by atoms with Crippen LogP contribution in [0.4, 0.5) is 4.39 Å². The summed E-state index contributed by atoms with van der Waals surface area (Å²) >= 11 is 0. The van der Waals surface area contributed by atoms with E-state index in [9.17, 15) is 14.3 Å². The lowest BCUT2D eigenvalue weighted by molar-refractivity contribution is -0.156. The van der Waals surface area contributed by atoms with Crippen LogP contribution in [-0.4, -0.2) is 28.0 Å². The highest BCUT2D eigenvalue weighted by Crippen LogP contribution is 2.28. The maximum Gasteiger partial charge on any atom is 0.341 e. The number of carbonyl (C=O) groups is 1. The monoisotopic (exact) mass is 206 g/mol. The Morgan fingerprint density at radius 1 is 1.50 bits per heavy atom.